The summed E-state index contributed by atoms with van der Waals surface area (Å²) >= 11 is 0. The number of hydrogen-bond acceptors (Lipinski definition) is 4. The van der Waals surface area contributed by atoms with Gasteiger partial charge in [0.2, 0.25) is 6.79 Å². The first-order valence-electron chi connectivity index (χ1n) is 3.69. The van der Waals surface area contributed by atoms with E-state index in [9.17, 15) is 9.59 Å². The molecule has 0 N–H and O–H groups in total. The zero-order valence-electron chi connectivity index (χ0n) is 6.65. The predicted octanol–water partition coefficient (Wildman–Crippen LogP) is 1.04. The van der Waals surface area contributed by atoms with Gasteiger partial charge in [0.25, 0.3) is 0 Å². The van der Waals surface area contributed by atoms with Crippen LogP contribution in [0.1, 0.15) is 20.7 Å². The van der Waals surface area contributed by atoms with Crippen LogP contribution in [-0.4, -0.2) is 19.4 Å². The Bertz CT molecular complexity index is 370. The van der Waals surface area contributed by atoms with E-state index in [1.165, 1.54) is 6.07 Å². The van der Waals surface area contributed by atoms with Crippen LogP contribution in [0.25, 0.3) is 0 Å². The lowest BCUT2D eigenvalue weighted by molar-refractivity contribution is 0.111. The molecule has 0 saturated carbocycles. The molecule has 1 aliphatic rings. The Kier molecular flexibility index (Phi) is 1.73. The molecule has 0 aromatic heterocycles. The SMILES string of the molecule is O=Cc1cc(C=O)c2c(c1)OCO2. The van der Waals surface area contributed by atoms with Crippen molar-refractivity contribution in [2.45, 2.75) is 0 Å². The van der Waals surface area contributed by atoms with E-state index in [1.54, 1.807) is 6.07 Å². The fourth-order valence-electron chi connectivity index (χ4n) is 1.22. The first-order chi connectivity index (χ1) is 6.35. The average molecular weight is 178 g/mol. The number of aldehydes is 2. The van der Waals surface area contributed by atoms with Gasteiger partial charge in [0.05, 0.1) is 5.56 Å². The number of carbonyl (C=O) groups is 2. The first kappa shape index (κ1) is 7.79. The van der Waals surface area contributed by atoms with Gasteiger partial charge in [-0.2, -0.15) is 0 Å². The van der Waals surface area contributed by atoms with Gasteiger partial charge in [-0.15, -0.1) is 0 Å². The van der Waals surface area contributed by atoms with Crippen LogP contribution in [-0.2, 0) is 0 Å². The third-order valence-corrected chi connectivity index (χ3v) is 1.79. The first-order valence-corrected chi connectivity index (χ1v) is 3.69. The van der Waals surface area contributed by atoms with Crippen molar-refractivity contribution >= 4 is 12.6 Å². The van der Waals surface area contributed by atoms with E-state index >= 15 is 0 Å². The molecule has 1 aliphatic heterocycles. The fourth-order valence-corrected chi connectivity index (χ4v) is 1.22. The van der Waals surface area contributed by atoms with E-state index in [1.807, 2.05) is 0 Å². The lowest BCUT2D eigenvalue weighted by Crippen LogP contribution is -1.94. The molecule has 0 aliphatic carbocycles. The number of hydrogen-bond donors (Lipinski definition) is 0. The molecule has 0 unspecified atom stereocenters. The standard InChI is InChI=1S/C9H6O4/c10-3-6-1-7(4-11)9-8(2-6)12-5-13-9/h1-4H,5H2. The normalized spacial score (nSPS) is 12.6. The van der Waals surface area contributed by atoms with Crippen molar-refractivity contribution in [3.63, 3.8) is 0 Å². The molecule has 2 rings (SSSR count). The Labute approximate surface area is 74.1 Å². The van der Waals surface area contributed by atoms with E-state index in [-0.39, 0.29) is 6.79 Å². The lowest BCUT2D eigenvalue weighted by Gasteiger charge is -1.99. The summed E-state index contributed by atoms with van der Waals surface area (Å²) < 4.78 is 10.1. The predicted molar refractivity (Wildman–Crippen MR) is 43.3 cm³/mol. The molecule has 1 aromatic rings. The largest absolute Gasteiger partial charge is 0.454 e. The van der Waals surface area contributed by atoms with Crippen LogP contribution in [0, 0.1) is 0 Å². The minimum Gasteiger partial charge on any atom is -0.454 e. The Hall–Kier alpha value is -1.84. The van der Waals surface area contributed by atoms with Gasteiger partial charge in [-0.1, -0.05) is 0 Å². The highest BCUT2D eigenvalue weighted by Gasteiger charge is 2.18. The number of ether oxygens (including phenoxy) is 2. The second-order valence-corrected chi connectivity index (χ2v) is 2.58. The van der Waals surface area contributed by atoms with Crippen LogP contribution in [0.4, 0.5) is 0 Å². The van der Waals surface area contributed by atoms with Crippen molar-refractivity contribution in [2.24, 2.45) is 0 Å². The molecule has 66 valence electrons. The van der Waals surface area contributed by atoms with Gasteiger partial charge < -0.3 is 9.47 Å². The van der Waals surface area contributed by atoms with Gasteiger partial charge in [0.15, 0.2) is 17.8 Å². The Morgan fingerprint density at radius 3 is 2.69 bits per heavy atom. The third kappa shape index (κ3) is 1.16. The summed E-state index contributed by atoms with van der Waals surface area (Å²) in [5.41, 5.74) is 0.753. The van der Waals surface area contributed by atoms with Gasteiger partial charge in [0, 0.05) is 5.56 Å². The van der Waals surface area contributed by atoms with Crippen LogP contribution >= 0.6 is 0 Å². The molecule has 0 atom stereocenters. The van der Waals surface area contributed by atoms with Crippen molar-refractivity contribution < 1.29 is 19.1 Å². The third-order valence-electron chi connectivity index (χ3n) is 1.79. The van der Waals surface area contributed by atoms with Crippen LogP contribution in [0.2, 0.25) is 0 Å². The molecule has 0 spiro atoms. The molecule has 0 saturated heterocycles. The van der Waals surface area contributed by atoms with Gasteiger partial charge in [-0.3, -0.25) is 9.59 Å². The van der Waals surface area contributed by atoms with E-state index in [0.717, 1.165) is 0 Å². The maximum Gasteiger partial charge on any atom is 0.231 e. The number of rotatable bonds is 2. The Balaban J connectivity index is 2.61. The molecule has 0 radical (unpaired) electrons. The van der Waals surface area contributed by atoms with Crippen molar-refractivity contribution in [3.05, 3.63) is 23.3 Å². The summed E-state index contributed by atoms with van der Waals surface area (Å²) in [6, 6.07) is 3.01. The zero-order valence-corrected chi connectivity index (χ0v) is 6.65. The lowest BCUT2D eigenvalue weighted by atomic mass is 10.1. The van der Waals surface area contributed by atoms with Gasteiger partial charge in [0.1, 0.15) is 6.29 Å². The Morgan fingerprint density at radius 1 is 1.15 bits per heavy atom. The van der Waals surface area contributed by atoms with E-state index in [4.69, 9.17) is 9.47 Å². The van der Waals surface area contributed by atoms with Gasteiger partial charge in [-0.25, -0.2) is 0 Å². The number of fused-ring (bicyclic) bond motifs is 1. The molecule has 0 bridgehead atoms. The molecule has 4 nitrogen and oxygen atoms in total. The monoisotopic (exact) mass is 178 g/mol. The maximum atomic E-state index is 10.6. The van der Waals surface area contributed by atoms with Crippen molar-refractivity contribution in [1.29, 1.82) is 0 Å². The minimum atomic E-state index is 0.0957. The maximum absolute atomic E-state index is 10.6. The summed E-state index contributed by atoms with van der Waals surface area (Å²) in [4.78, 5) is 21.0. The second-order valence-electron chi connectivity index (χ2n) is 2.58. The van der Waals surface area contributed by atoms with Gasteiger partial charge in [-0.05, 0) is 12.1 Å². The molecule has 4 heteroatoms. The molecular weight excluding hydrogens is 172 g/mol. The topological polar surface area (TPSA) is 52.6 Å². The van der Waals surface area contributed by atoms with Crippen LogP contribution in [0.15, 0.2) is 12.1 Å². The molecule has 13 heavy (non-hydrogen) atoms. The summed E-state index contributed by atoms with van der Waals surface area (Å²) in [6.07, 6.45) is 1.30. The average Bonchev–Trinajstić information content (AvgIpc) is 2.63. The van der Waals surface area contributed by atoms with Crippen molar-refractivity contribution in [1.82, 2.24) is 0 Å². The summed E-state index contributed by atoms with van der Waals surface area (Å²) in [7, 11) is 0. The summed E-state index contributed by atoms with van der Waals surface area (Å²) in [5, 5.41) is 0. The van der Waals surface area contributed by atoms with E-state index in [0.29, 0.717) is 35.2 Å². The number of benzene rings is 1. The number of carbonyl (C=O) groups excluding carboxylic acids is 2. The van der Waals surface area contributed by atoms with Crippen LogP contribution in [0.3, 0.4) is 0 Å². The molecule has 0 fully saturated rings. The minimum absolute atomic E-state index is 0.0957. The molecule has 1 heterocycles. The Morgan fingerprint density at radius 2 is 2.00 bits per heavy atom. The highest BCUT2D eigenvalue weighted by Crippen LogP contribution is 2.35. The van der Waals surface area contributed by atoms with Crippen molar-refractivity contribution in [3.8, 4) is 11.5 Å². The summed E-state index contributed by atoms with van der Waals surface area (Å²) in [5.74, 6) is 0.868. The van der Waals surface area contributed by atoms with E-state index < -0.39 is 0 Å². The van der Waals surface area contributed by atoms with Crippen LogP contribution < -0.4 is 9.47 Å². The second kappa shape index (κ2) is 2.90. The van der Waals surface area contributed by atoms with Crippen molar-refractivity contribution in [2.75, 3.05) is 6.79 Å². The van der Waals surface area contributed by atoms with E-state index in [2.05, 4.69) is 0 Å². The van der Waals surface area contributed by atoms with Gasteiger partial charge >= 0.3 is 0 Å². The molecule has 1 aromatic carbocycles. The highest BCUT2D eigenvalue weighted by molar-refractivity contribution is 5.87. The fraction of sp³-hybridized carbons (Fsp3) is 0.111. The molecular formula is C9H6O4. The smallest absolute Gasteiger partial charge is 0.231 e. The highest BCUT2D eigenvalue weighted by atomic mass is 16.7. The van der Waals surface area contributed by atoms with Crippen LogP contribution in [0.5, 0.6) is 11.5 Å². The quantitative estimate of drug-likeness (QED) is 0.635. The molecule has 0 amide bonds. The zero-order chi connectivity index (χ0) is 9.26. The summed E-state index contributed by atoms with van der Waals surface area (Å²) in [6.45, 7) is 0.0957.